The van der Waals surface area contributed by atoms with Gasteiger partial charge in [0.15, 0.2) is 0 Å². The van der Waals surface area contributed by atoms with Gasteiger partial charge in [0.05, 0.1) is 5.25 Å². The number of aryl methyl sites for hydroxylation is 1. The Kier molecular flexibility index (Phi) is 4.20. The zero-order valence-electron chi connectivity index (χ0n) is 9.52. The Labute approximate surface area is 109 Å². The van der Waals surface area contributed by atoms with Gasteiger partial charge in [0.1, 0.15) is 5.82 Å². The molecule has 1 heterocycles. The normalized spacial score (nSPS) is 12.6. The highest BCUT2D eigenvalue weighted by atomic mass is 32.2. The molecule has 2 aromatic rings. The minimum Gasteiger partial charge on any atom is -0.329 e. The van der Waals surface area contributed by atoms with Crippen molar-refractivity contribution in [1.29, 1.82) is 0 Å². The third kappa shape index (κ3) is 3.09. The van der Waals surface area contributed by atoms with Crippen molar-refractivity contribution in [2.24, 2.45) is 5.73 Å². The highest BCUT2D eigenvalue weighted by molar-refractivity contribution is 7.99. The third-order valence-electron chi connectivity index (χ3n) is 2.50. The summed E-state index contributed by atoms with van der Waals surface area (Å²) in [6.07, 6.45) is 0. The van der Waals surface area contributed by atoms with Crippen LogP contribution in [0.5, 0.6) is 0 Å². The number of halogens is 1. The first-order valence-electron chi connectivity index (χ1n) is 5.37. The summed E-state index contributed by atoms with van der Waals surface area (Å²) < 4.78 is 12.8. The molecule has 90 valence electrons. The maximum atomic E-state index is 12.8. The fourth-order valence-corrected chi connectivity index (χ4v) is 3.84. The van der Waals surface area contributed by atoms with E-state index in [2.05, 4.69) is 18.4 Å². The molecule has 17 heavy (non-hydrogen) atoms. The molecule has 0 radical (unpaired) electrons. The quantitative estimate of drug-likeness (QED) is 0.848. The van der Waals surface area contributed by atoms with Crippen LogP contribution in [0.3, 0.4) is 0 Å². The van der Waals surface area contributed by atoms with Crippen LogP contribution < -0.4 is 5.73 Å². The molecule has 1 aromatic carbocycles. The van der Waals surface area contributed by atoms with Crippen LogP contribution in [0.15, 0.2) is 40.6 Å². The molecule has 1 unspecified atom stereocenters. The molecule has 0 aliphatic carbocycles. The summed E-state index contributed by atoms with van der Waals surface area (Å²) in [5.74, 6) is -0.203. The molecule has 0 spiro atoms. The maximum Gasteiger partial charge on any atom is 0.123 e. The average molecular weight is 267 g/mol. The zero-order valence-corrected chi connectivity index (χ0v) is 11.2. The molecule has 0 aliphatic rings. The maximum absolute atomic E-state index is 12.8. The van der Waals surface area contributed by atoms with Gasteiger partial charge in [-0.1, -0.05) is 0 Å². The highest BCUT2D eigenvalue weighted by Crippen LogP contribution is 2.38. The molecule has 2 N–H and O–H groups in total. The third-order valence-corrected chi connectivity index (χ3v) is 5.04. The van der Waals surface area contributed by atoms with E-state index in [1.807, 2.05) is 0 Å². The number of hydrogen-bond donors (Lipinski definition) is 1. The van der Waals surface area contributed by atoms with Gasteiger partial charge in [0, 0.05) is 16.3 Å². The summed E-state index contributed by atoms with van der Waals surface area (Å²) >= 11 is 3.42. The average Bonchev–Trinajstić information content (AvgIpc) is 2.75. The molecule has 0 bridgehead atoms. The van der Waals surface area contributed by atoms with E-state index in [9.17, 15) is 4.39 Å². The Morgan fingerprint density at radius 1 is 1.29 bits per heavy atom. The summed E-state index contributed by atoms with van der Waals surface area (Å²) in [4.78, 5) is 2.36. The smallest absolute Gasteiger partial charge is 0.123 e. The van der Waals surface area contributed by atoms with E-state index in [-0.39, 0.29) is 11.1 Å². The molecule has 1 aromatic heterocycles. The monoisotopic (exact) mass is 267 g/mol. The molecule has 0 saturated carbocycles. The largest absolute Gasteiger partial charge is 0.329 e. The molecular formula is C13H14FNS2. The molecule has 0 aliphatic heterocycles. The van der Waals surface area contributed by atoms with E-state index in [1.165, 1.54) is 22.6 Å². The van der Waals surface area contributed by atoms with Crippen LogP contribution >= 0.6 is 23.1 Å². The lowest BCUT2D eigenvalue weighted by atomic mass is 10.2. The van der Waals surface area contributed by atoms with Gasteiger partial charge in [0.2, 0.25) is 0 Å². The van der Waals surface area contributed by atoms with E-state index in [0.717, 1.165) is 4.90 Å². The molecule has 2 rings (SSSR count). The van der Waals surface area contributed by atoms with E-state index < -0.39 is 0 Å². The number of hydrogen-bond acceptors (Lipinski definition) is 3. The van der Waals surface area contributed by atoms with Crippen LogP contribution in [0.1, 0.15) is 15.7 Å². The van der Waals surface area contributed by atoms with Crippen LogP contribution in [-0.4, -0.2) is 6.54 Å². The zero-order chi connectivity index (χ0) is 12.3. The minimum atomic E-state index is -0.203. The number of nitrogens with two attached hydrogens (primary N) is 1. The van der Waals surface area contributed by atoms with Gasteiger partial charge in [0.25, 0.3) is 0 Å². The molecule has 0 amide bonds. The van der Waals surface area contributed by atoms with Crippen molar-refractivity contribution in [1.82, 2.24) is 0 Å². The predicted octanol–water partition coefficient (Wildman–Crippen LogP) is 3.99. The lowest BCUT2D eigenvalue weighted by Crippen LogP contribution is -2.08. The lowest BCUT2D eigenvalue weighted by molar-refractivity contribution is 0.626. The summed E-state index contributed by atoms with van der Waals surface area (Å²) in [6.45, 7) is 2.68. The van der Waals surface area contributed by atoms with Gasteiger partial charge in [-0.3, -0.25) is 0 Å². The second-order valence-corrected chi connectivity index (χ2v) is 5.99. The minimum absolute atomic E-state index is 0.203. The SMILES string of the molecule is Cc1ccsc1C(CN)Sc1ccc(F)cc1. The molecule has 0 saturated heterocycles. The van der Waals surface area contributed by atoms with Crippen LogP contribution in [-0.2, 0) is 0 Å². The van der Waals surface area contributed by atoms with Crippen molar-refractivity contribution in [3.63, 3.8) is 0 Å². The number of benzene rings is 1. The molecule has 0 fully saturated rings. The first-order chi connectivity index (χ1) is 8.20. The van der Waals surface area contributed by atoms with E-state index in [4.69, 9.17) is 5.73 Å². The van der Waals surface area contributed by atoms with Crippen molar-refractivity contribution in [3.05, 3.63) is 52.0 Å². The van der Waals surface area contributed by atoms with Crippen molar-refractivity contribution in [2.45, 2.75) is 17.1 Å². The van der Waals surface area contributed by atoms with Crippen molar-refractivity contribution in [3.8, 4) is 0 Å². The van der Waals surface area contributed by atoms with Gasteiger partial charge < -0.3 is 5.73 Å². The second kappa shape index (κ2) is 5.67. The molecular weight excluding hydrogens is 253 g/mol. The fraction of sp³-hybridized carbons (Fsp3) is 0.231. The first kappa shape index (κ1) is 12.6. The van der Waals surface area contributed by atoms with Gasteiger partial charge >= 0.3 is 0 Å². The highest BCUT2D eigenvalue weighted by Gasteiger charge is 2.14. The van der Waals surface area contributed by atoms with E-state index in [1.54, 1.807) is 35.2 Å². The van der Waals surface area contributed by atoms with E-state index >= 15 is 0 Å². The Hall–Kier alpha value is -0.840. The van der Waals surface area contributed by atoms with Crippen molar-refractivity contribution < 1.29 is 4.39 Å². The number of rotatable bonds is 4. The topological polar surface area (TPSA) is 26.0 Å². The number of thiophene rings is 1. The van der Waals surface area contributed by atoms with Crippen LogP contribution in [0.25, 0.3) is 0 Å². The summed E-state index contributed by atoms with van der Waals surface area (Å²) in [5.41, 5.74) is 7.10. The first-order valence-corrected chi connectivity index (χ1v) is 7.13. The van der Waals surface area contributed by atoms with Gasteiger partial charge in [-0.25, -0.2) is 4.39 Å². The fourth-order valence-electron chi connectivity index (χ4n) is 1.60. The standard InChI is InChI=1S/C13H14FNS2/c1-9-6-7-16-13(9)12(8-15)17-11-4-2-10(14)3-5-11/h2-7,12H,8,15H2,1H3. The Morgan fingerprint density at radius 2 is 2.00 bits per heavy atom. The Balaban J connectivity index is 2.16. The van der Waals surface area contributed by atoms with Gasteiger partial charge in [-0.05, 0) is 48.2 Å². The van der Waals surface area contributed by atoms with Crippen molar-refractivity contribution >= 4 is 23.1 Å². The van der Waals surface area contributed by atoms with Crippen molar-refractivity contribution in [2.75, 3.05) is 6.54 Å². The Morgan fingerprint density at radius 3 is 2.53 bits per heavy atom. The molecule has 1 nitrogen and oxygen atoms in total. The summed E-state index contributed by atoms with van der Waals surface area (Å²) in [5, 5.41) is 2.33. The lowest BCUT2D eigenvalue weighted by Gasteiger charge is -2.14. The van der Waals surface area contributed by atoms with E-state index in [0.29, 0.717) is 6.54 Å². The predicted molar refractivity (Wildman–Crippen MR) is 73.1 cm³/mol. The van der Waals surface area contributed by atoms with Crippen LogP contribution in [0, 0.1) is 12.7 Å². The molecule has 1 atom stereocenters. The Bertz CT molecular complexity index is 478. The van der Waals surface area contributed by atoms with Crippen LogP contribution in [0.4, 0.5) is 4.39 Å². The second-order valence-electron chi connectivity index (χ2n) is 3.76. The molecule has 4 heteroatoms. The number of thioether (sulfide) groups is 1. The van der Waals surface area contributed by atoms with Crippen LogP contribution in [0.2, 0.25) is 0 Å². The van der Waals surface area contributed by atoms with Gasteiger partial charge in [-0.15, -0.1) is 23.1 Å². The summed E-state index contributed by atoms with van der Waals surface area (Å²) in [7, 11) is 0. The van der Waals surface area contributed by atoms with Gasteiger partial charge in [-0.2, -0.15) is 0 Å². The summed E-state index contributed by atoms with van der Waals surface area (Å²) in [6, 6.07) is 8.67.